The molecule has 3 aliphatic rings. The maximum atomic E-state index is 12.4. The molecule has 2 heterocycles. The Morgan fingerprint density at radius 1 is 1.12 bits per heavy atom. The number of amides is 2. The van der Waals surface area contributed by atoms with E-state index in [0.717, 1.165) is 19.3 Å². The Balaban J connectivity index is 1.36. The second-order valence-corrected chi connectivity index (χ2v) is 6.84. The van der Waals surface area contributed by atoms with Crippen molar-refractivity contribution in [2.75, 3.05) is 18.5 Å². The highest BCUT2D eigenvalue weighted by Crippen LogP contribution is 2.32. The van der Waals surface area contributed by atoms with E-state index < -0.39 is 6.04 Å². The average Bonchev–Trinajstić information content (AvgIpc) is 2.62. The summed E-state index contributed by atoms with van der Waals surface area (Å²) in [4.78, 5) is 24.6. The van der Waals surface area contributed by atoms with E-state index in [-0.39, 0.29) is 30.3 Å². The maximum absolute atomic E-state index is 12.4. The van der Waals surface area contributed by atoms with Crippen molar-refractivity contribution >= 4 is 17.5 Å². The zero-order chi connectivity index (χ0) is 17.2. The Morgan fingerprint density at radius 2 is 1.88 bits per heavy atom. The van der Waals surface area contributed by atoms with Gasteiger partial charge in [0.15, 0.2) is 11.5 Å². The first kappa shape index (κ1) is 16.2. The molecular formula is C18H23N3O4. The van der Waals surface area contributed by atoms with E-state index in [9.17, 15) is 9.59 Å². The summed E-state index contributed by atoms with van der Waals surface area (Å²) in [7, 11) is 0. The lowest BCUT2D eigenvalue weighted by Gasteiger charge is -2.40. The molecular weight excluding hydrogens is 322 g/mol. The third kappa shape index (κ3) is 3.56. The van der Waals surface area contributed by atoms with Gasteiger partial charge in [-0.1, -0.05) is 12.8 Å². The molecule has 2 aliphatic heterocycles. The largest absolute Gasteiger partial charge is 0.486 e. The Hall–Kier alpha value is -2.28. The minimum atomic E-state index is -0.475. The van der Waals surface area contributed by atoms with Gasteiger partial charge in [-0.3, -0.25) is 9.59 Å². The van der Waals surface area contributed by atoms with Crippen molar-refractivity contribution in [3.8, 4) is 11.5 Å². The number of carbonyl (C=O) groups is 2. The zero-order valence-electron chi connectivity index (χ0n) is 14.0. The molecule has 4 rings (SSSR count). The van der Waals surface area contributed by atoms with Crippen molar-refractivity contribution in [3.05, 3.63) is 18.2 Å². The third-order valence-corrected chi connectivity index (χ3v) is 5.04. The number of hydrogen-bond acceptors (Lipinski definition) is 5. The fourth-order valence-corrected chi connectivity index (χ4v) is 3.79. The molecule has 3 N–H and O–H groups in total. The lowest BCUT2D eigenvalue weighted by molar-refractivity contribution is -0.129. The van der Waals surface area contributed by atoms with Gasteiger partial charge in [-0.05, 0) is 25.0 Å². The van der Waals surface area contributed by atoms with Gasteiger partial charge in [0.05, 0.1) is 12.5 Å². The number of hydrogen-bond donors (Lipinski definition) is 3. The first-order chi connectivity index (χ1) is 12.2. The van der Waals surface area contributed by atoms with Gasteiger partial charge in [0, 0.05) is 23.8 Å². The maximum Gasteiger partial charge on any atom is 0.237 e. The van der Waals surface area contributed by atoms with E-state index in [1.165, 1.54) is 6.42 Å². The number of piperazine rings is 1. The molecule has 0 unspecified atom stereocenters. The van der Waals surface area contributed by atoms with Crippen molar-refractivity contribution in [2.24, 2.45) is 0 Å². The van der Waals surface area contributed by atoms with Crippen LogP contribution in [-0.2, 0) is 9.59 Å². The number of rotatable bonds is 3. The smallest absolute Gasteiger partial charge is 0.237 e. The molecule has 2 fully saturated rings. The summed E-state index contributed by atoms with van der Waals surface area (Å²) in [6.07, 6.45) is 4.49. The number of ether oxygens (including phenoxy) is 2. The number of carbonyl (C=O) groups excluding carboxylic acids is 2. The number of anilines is 1. The summed E-state index contributed by atoms with van der Waals surface area (Å²) in [6, 6.07) is 5.31. The van der Waals surface area contributed by atoms with Crippen molar-refractivity contribution in [1.29, 1.82) is 0 Å². The predicted molar refractivity (Wildman–Crippen MR) is 91.8 cm³/mol. The Labute approximate surface area is 146 Å². The molecule has 0 aromatic heterocycles. The van der Waals surface area contributed by atoms with Crippen LogP contribution in [0.4, 0.5) is 5.69 Å². The summed E-state index contributed by atoms with van der Waals surface area (Å²) in [5, 5.41) is 9.25. The van der Waals surface area contributed by atoms with Gasteiger partial charge in [-0.15, -0.1) is 0 Å². The monoisotopic (exact) mass is 345 g/mol. The topological polar surface area (TPSA) is 88.7 Å². The van der Waals surface area contributed by atoms with Crippen molar-refractivity contribution in [1.82, 2.24) is 10.6 Å². The SMILES string of the molecule is O=C(C[C@@H]1N[C@H]2CCCC[C@@H]2NC1=O)Nc1ccc2c(c1)OCCO2. The Morgan fingerprint density at radius 3 is 2.72 bits per heavy atom. The fourth-order valence-electron chi connectivity index (χ4n) is 3.79. The third-order valence-electron chi connectivity index (χ3n) is 5.04. The van der Waals surface area contributed by atoms with Gasteiger partial charge in [-0.2, -0.15) is 0 Å². The van der Waals surface area contributed by atoms with E-state index in [0.29, 0.717) is 30.4 Å². The van der Waals surface area contributed by atoms with Crippen LogP contribution in [0.25, 0.3) is 0 Å². The molecule has 134 valence electrons. The van der Waals surface area contributed by atoms with Crippen LogP contribution in [-0.4, -0.2) is 43.2 Å². The quantitative estimate of drug-likeness (QED) is 0.766. The first-order valence-electron chi connectivity index (χ1n) is 8.95. The average molecular weight is 345 g/mol. The van der Waals surface area contributed by atoms with Crippen LogP contribution < -0.4 is 25.4 Å². The van der Waals surface area contributed by atoms with Crippen LogP contribution in [0.1, 0.15) is 32.1 Å². The summed E-state index contributed by atoms with van der Waals surface area (Å²) in [6.45, 7) is 1.03. The van der Waals surface area contributed by atoms with Crippen LogP contribution in [0, 0.1) is 0 Å². The lowest BCUT2D eigenvalue weighted by atomic mass is 9.87. The van der Waals surface area contributed by atoms with E-state index in [4.69, 9.17) is 9.47 Å². The molecule has 7 nitrogen and oxygen atoms in total. The first-order valence-corrected chi connectivity index (χ1v) is 8.95. The molecule has 2 amide bonds. The molecule has 1 saturated carbocycles. The molecule has 1 aliphatic carbocycles. The van der Waals surface area contributed by atoms with Gasteiger partial charge in [0.25, 0.3) is 0 Å². The van der Waals surface area contributed by atoms with E-state index >= 15 is 0 Å². The highest BCUT2D eigenvalue weighted by atomic mass is 16.6. The number of nitrogens with one attached hydrogen (secondary N) is 3. The molecule has 25 heavy (non-hydrogen) atoms. The predicted octanol–water partition coefficient (Wildman–Crippen LogP) is 1.19. The molecule has 0 bridgehead atoms. The second kappa shape index (κ2) is 6.92. The molecule has 0 radical (unpaired) electrons. The summed E-state index contributed by atoms with van der Waals surface area (Å²) in [5.41, 5.74) is 0.640. The number of benzene rings is 1. The van der Waals surface area contributed by atoms with Crippen molar-refractivity contribution in [3.63, 3.8) is 0 Å². The van der Waals surface area contributed by atoms with E-state index in [1.54, 1.807) is 18.2 Å². The van der Waals surface area contributed by atoms with Crippen LogP contribution in [0.5, 0.6) is 11.5 Å². The van der Waals surface area contributed by atoms with Gasteiger partial charge >= 0.3 is 0 Å². The molecule has 0 spiro atoms. The number of fused-ring (bicyclic) bond motifs is 2. The highest BCUT2D eigenvalue weighted by Gasteiger charge is 2.36. The van der Waals surface area contributed by atoms with Gasteiger partial charge in [0.2, 0.25) is 11.8 Å². The lowest BCUT2D eigenvalue weighted by Crippen LogP contribution is -2.65. The van der Waals surface area contributed by atoms with Crippen molar-refractivity contribution < 1.29 is 19.1 Å². The minimum Gasteiger partial charge on any atom is -0.486 e. The van der Waals surface area contributed by atoms with Crippen LogP contribution >= 0.6 is 0 Å². The van der Waals surface area contributed by atoms with Gasteiger partial charge in [0.1, 0.15) is 13.2 Å². The standard InChI is InChI=1S/C18H23N3O4/c22-17(19-11-5-6-15-16(9-11)25-8-7-24-15)10-14-18(23)21-13-4-2-1-3-12(13)20-14/h5-6,9,12-14,20H,1-4,7-8,10H2,(H,19,22)(H,21,23)/t12-,13-,14-/m0/s1. The van der Waals surface area contributed by atoms with E-state index in [2.05, 4.69) is 16.0 Å². The normalized spacial score (nSPS) is 27.8. The summed E-state index contributed by atoms with van der Waals surface area (Å²) < 4.78 is 11.0. The van der Waals surface area contributed by atoms with Crippen LogP contribution in [0.2, 0.25) is 0 Å². The van der Waals surface area contributed by atoms with Crippen molar-refractivity contribution in [2.45, 2.75) is 50.2 Å². The Kier molecular flexibility index (Phi) is 4.48. The van der Waals surface area contributed by atoms with Gasteiger partial charge < -0.3 is 25.4 Å². The molecule has 1 aromatic carbocycles. The zero-order valence-corrected chi connectivity index (χ0v) is 14.0. The van der Waals surface area contributed by atoms with Crippen LogP contribution in [0.3, 0.4) is 0 Å². The highest BCUT2D eigenvalue weighted by molar-refractivity contribution is 5.96. The molecule has 1 saturated heterocycles. The second-order valence-electron chi connectivity index (χ2n) is 6.84. The van der Waals surface area contributed by atoms with E-state index in [1.807, 2.05) is 0 Å². The molecule has 7 heteroatoms. The molecule has 1 aromatic rings. The van der Waals surface area contributed by atoms with Crippen LogP contribution in [0.15, 0.2) is 18.2 Å². The Bertz CT molecular complexity index is 678. The molecule has 3 atom stereocenters. The summed E-state index contributed by atoms with van der Waals surface area (Å²) in [5.74, 6) is 1.03. The fraction of sp³-hybridized carbons (Fsp3) is 0.556. The van der Waals surface area contributed by atoms with Gasteiger partial charge in [-0.25, -0.2) is 0 Å². The minimum absolute atomic E-state index is 0.0829. The summed E-state index contributed by atoms with van der Waals surface area (Å²) >= 11 is 0.